The van der Waals surface area contributed by atoms with Crippen LogP contribution in [-0.2, 0) is 5.41 Å². The van der Waals surface area contributed by atoms with E-state index < -0.39 is 0 Å². The summed E-state index contributed by atoms with van der Waals surface area (Å²) in [6.07, 6.45) is 1.50. The van der Waals surface area contributed by atoms with Crippen molar-refractivity contribution in [2.75, 3.05) is 11.1 Å². The fourth-order valence-electron chi connectivity index (χ4n) is 2.02. The van der Waals surface area contributed by atoms with Gasteiger partial charge in [-0.05, 0) is 36.1 Å². The third-order valence-electron chi connectivity index (χ3n) is 3.33. The summed E-state index contributed by atoms with van der Waals surface area (Å²) in [5, 5.41) is 2.84. The van der Waals surface area contributed by atoms with Crippen LogP contribution in [0.3, 0.4) is 0 Å². The lowest BCUT2D eigenvalue weighted by atomic mass is 9.87. The summed E-state index contributed by atoms with van der Waals surface area (Å²) in [4.78, 5) is 16.3. The van der Waals surface area contributed by atoms with E-state index >= 15 is 0 Å². The molecule has 2 rings (SSSR count). The fraction of sp³-hybridized carbons (Fsp3) is 0.294. The van der Waals surface area contributed by atoms with Crippen LogP contribution in [0.1, 0.15) is 42.4 Å². The van der Waals surface area contributed by atoms with E-state index in [2.05, 4.69) is 31.1 Å². The Bertz CT molecular complexity index is 655. The number of amides is 1. The number of rotatable bonds is 2. The van der Waals surface area contributed by atoms with Crippen LogP contribution in [0.2, 0.25) is 0 Å². The molecule has 4 nitrogen and oxygen atoms in total. The number of nitrogens with zero attached hydrogens (tertiary/aromatic N) is 1. The van der Waals surface area contributed by atoms with Gasteiger partial charge in [0, 0.05) is 23.3 Å². The highest BCUT2D eigenvalue weighted by Gasteiger charge is 2.14. The van der Waals surface area contributed by atoms with Gasteiger partial charge in [0.2, 0.25) is 0 Å². The molecule has 3 N–H and O–H groups in total. The van der Waals surface area contributed by atoms with E-state index in [0.29, 0.717) is 11.3 Å². The molecule has 0 spiro atoms. The monoisotopic (exact) mass is 283 g/mol. The van der Waals surface area contributed by atoms with Crippen LogP contribution in [0.25, 0.3) is 0 Å². The molecular weight excluding hydrogens is 262 g/mol. The van der Waals surface area contributed by atoms with Crippen LogP contribution in [0.5, 0.6) is 0 Å². The summed E-state index contributed by atoms with van der Waals surface area (Å²) in [6.45, 7) is 8.29. The number of aryl methyl sites for hydroxylation is 1. The second-order valence-electron chi connectivity index (χ2n) is 6.19. The lowest BCUT2D eigenvalue weighted by Crippen LogP contribution is -2.15. The minimum atomic E-state index is -0.247. The maximum atomic E-state index is 12.2. The minimum absolute atomic E-state index is 0.0911. The molecule has 0 bridgehead atoms. The van der Waals surface area contributed by atoms with Crippen LogP contribution in [0.15, 0.2) is 36.5 Å². The van der Waals surface area contributed by atoms with Gasteiger partial charge < -0.3 is 11.1 Å². The van der Waals surface area contributed by atoms with E-state index in [4.69, 9.17) is 5.73 Å². The molecule has 110 valence electrons. The first-order chi connectivity index (χ1) is 9.77. The van der Waals surface area contributed by atoms with Crippen LogP contribution >= 0.6 is 0 Å². The number of carbonyl (C=O) groups is 1. The highest BCUT2D eigenvalue weighted by Crippen LogP contribution is 2.24. The molecule has 2 aromatic rings. The zero-order chi connectivity index (χ0) is 15.6. The van der Waals surface area contributed by atoms with Gasteiger partial charge in [-0.1, -0.05) is 32.9 Å². The van der Waals surface area contributed by atoms with Gasteiger partial charge in [-0.15, -0.1) is 0 Å². The summed E-state index contributed by atoms with van der Waals surface area (Å²) in [5.74, 6) is -0.247. The molecule has 0 radical (unpaired) electrons. The van der Waals surface area contributed by atoms with Gasteiger partial charge in [-0.2, -0.15) is 0 Å². The Labute approximate surface area is 125 Å². The minimum Gasteiger partial charge on any atom is -0.398 e. The quantitative estimate of drug-likeness (QED) is 0.886. The molecule has 0 atom stereocenters. The van der Waals surface area contributed by atoms with Gasteiger partial charge in [-0.3, -0.25) is 9.78 Å². The molecule has 1 heterocycles. The summed E-state index contributed by atoms with van der Waals surface area (Å²) in [7, 11) is 0. The van der Waals surface area contributed by atoms with E-state index in [1.54, 1.807) is 6.07 Å². The van der Waals surface area contributed by atoms with E-state index in [9.17, 15) is 4.79 Å². The molecule has 21 heavy (non-hydrogen) atoms. The van der Waals surface area contributed by atoms with Gasteiger partial charge in [0.15, 0.2) is 0 Å². The van der Waals surface area contributed by atoms with Gasteiger partial charge in [-0.25, -0.2) is 0 Å². The SMILES string of the molecule is Cc1cc(N)c(C(=O)Nc2ccc(C(C)(C)C)cc2)cn1. The highest BCUT2D eigenvalue weighted by molar-refractivity contribution is 6.07. The van der Waals surface area contributed by atoms with Crippen molar-refractivity contribution in [2.24, 2.45) is 0 Å². The number of nitrogens with two attached hydrogens (primary N) is 1. The molecule has 1 aromatic carbocycles. The zero-order valence-electron chi connectivity index (χ0n) is 12.9. The molecule has 0 unspecified atom stereocenters. The molecule has 0 saturated heterocycles. The molecule has 0 saturated carbocycles. The second kappa shape index (κ2) is 5.56. The largest absolute Gasteiger partial charge is 0.398 e. The first-order valence-electron chi connectivity index (χ1n) is 6.91. The van der Waals surface area contributed by atoms with Crippen LogP contribution in [-0.4, -0.2) is 10.9 Å². The number of nitrogens with one attached hydrogen (secondary N) is 1. The fourth-order valence-corrected chi connectivity index (χ4v) is 2.02. The number of pyridine rings is 1. The molecule has 0 aliphatic rings. The van der Waals surface area contributed by atoms with Gasteiger partial charge in [0.1, 0.15) is 0 Å². The van der Waals surface area contributed by atoms with Crippen LogP contribution in [0.4, 0.5) is 11.4 Å². The molecular formula is C17H21N3O. The predicted octanol–water partition coefficient (Wildman–Crippen LogP) is 3.52. The Balaban J connectivity index is 2.16. The molecule has 0 aliphatic heterocycles. The van der Waals surface area contributed by atoms with Gasteiger partial charge in [0.05, 0.1) is 5.56 Å². The van der Waals surface area contributed by atoms with Crippen LogP contribution < -0.4 is 11.1 Å². The number of benzene rings is 1. The Morgan fingerprint density at radius 1 is 1.19 bits per heavy atom. The third-order valence-corrected chi connectivity index (χ3v) is 3.33. The smallest absolute Gasteiger partial charge is 0.259 e. The Hall–Kier alpha value is -2.36. The maximum Gasteiger partial charge on any atom is 0.259 e. The van der Waals surface area contributed by atoms with Gasteiger partial charge in [0.25, 0.3) is 5.91 Å². The lowest BCUT2D eigenvalue weighted by molar-refractivity contribution is 0.102. The summed E-state index contributed by atoms with van der Waals surface area (Å²) in [6, 6.07) is 9.53. The maximum absolute atomic E-state index is 12.2. The number of nitrogen functional groups attached to an aromatic ring is 1. The van der Waals surface area contributed by atoms with Gasteiger partial charge >= 0.3 is 0 Å². The van der Waals surface area contributed by atoms with E-state index in [0.717, 1.165) is 11.4 Å². The standard InChI is InChI=1S/C17H21N3O/c1-11-9-15(18)14(10-19-11)16(21)20-13-7-5-12(6-8-13)17(2,3)4/h5-10H,1-4H3,(H2,18,19)(H,20,21). The van der Waals surface area contributed by atoms with Crippen molar-refractivity contribution >= 4 is 17.3 Å². The van der Waals surface area contributed by atoms with Crippen molar-refractivity contribution in [3.63, 3.8) is 0 Å². The van der Waals surface area contributed by atoms with Crippen molar-refractivity contribution in [1.82, 2.24) is 4.98 Å². The zero-order valence-corrected chi connectivity index (χ0v) is 12.9. The van der Waals surface area contributed by atoms with Crippen LogP contribution in [0, 0.1) is 6.92 Å². The summed E-state index contributed by atoms with van der Waals surface area (Å²) in [5.41, 5.74) is 9.53. The Kier molecular flexibility index (Phi) is 3.98. The number of hydrogen-bond donors (Lipinski definition) is 2. The molecule has 1 aromatic heterocycles. The van der Waals surface area contributed by atoms with Crippen molar-refractivity contribution in [3.05, 3.63) is 53.3 Å². The molecule has 0 fully saturated rings. The Morgan fingerprint density at radius 2 is 1.81 bits per heavy atom. The summed E-state index contributed by atoms with van der Waals surface area (Å²) < 4.78 is 0. The van der Waals surface area contributed by atoms with Crippen molar-refractivity contribution in [3.8, 4) is 0 Å². The predicted molar refractivity (Wildman–Crippen MR) is 86.5 cm³/mol. The molecule has 0 aliphatic carbocycles. The average Bonchev–Trinajstić information content (AvgIpc) is 2.38. The molecule has 4 heteroatoms. The molecule has 1 amide bonds. The number of anilines is 2. The summed E-state index contributed by atoms with van der Waals surface area (Å²) >= 11 is 0. The van der Waals surface area contributed by atoms with E-state index in [1.807, 2.05) is 31.2 Å². The number of hydrogen-bond acceptors (Lipinski definition) is 3. The topological polar surface area (TPSA) is 68.0 Å². The first kappa shape index (κ1) is 15.0. The third kappa shape index (κ3) is 3.60. The van der Waals surface area contributed by atoms with Crippen molar-refractivity contribution < 1.29 is 4.79 Å². The highest BCUT2D eigenvalue weighted by atomic mass is 16.1. The van der Waals surface area contributed by atoms with Crippen molar-refractivity contribution in [1.29, 1.82) is 0 Å². The lowest BCUT2D eigenvalue weighted by Gasteiger charge is -2.19. The Morgan fingerprint density at radius 3 is 2.33 bits per heavy atom. The first-order valence-corrected chi connectivity index (χ1v) is 6.91. The second-order valence-corrected chi connectivity index (χ2v) is 6.19. The average molecular weight is 283 g/mol. The van der Waals surface area contributed by atoms with E-state index in [-0.39, 0.29) is 11.3 Å². The number of carbonyl (C=O) groups excluding carboxylic acids is 1. The normalized spacial score (nSPS) is 11.2. The number of aromatic nitrogens is 1. The van der Waals surface area contributed by atoms with E-state index in [1.165, 1.54) is 11.8 Å². The van der Waals surface area contributed by atoms with Crippen molar-refractivity contribution in [2.45, 2.75) is 33.1 Å².